The number of carbonyl (C=O) groups is 2. The number of aromatic nitrogens is 2. The third-order valence-corrected chi connectivity index (χ3v) is 2.46. The highest BCUT2D eigenvalue weighted by atomic mass is 16.6. The van der Waals surface area contributed by atoms with E-state index in [1.807, 2.05) is 27.7 Å². The largest absolute Gasteiger partial charge is 0.443 e. The highest BCUT2D eigenvalue weighted by Gasteiger charge is 2.20. The Hall–Kier alpha value is -2.61. The topological polar surface area (TPSA) is 61.2 Å². The number of hydrogen-bond donors (Lipinski definition) is 0. The van der Waals surface area contributed by atoms with Crippen LogP contribution >= 0.6 is 0 Å². The standard InChI is InChI=1S/C15H14N2O3.2C2H6/c1-15(2,3)20-14(19)17-10-11(5-4-8-18)12-6-7-16-9-13(12)17;2*1-2/h6-10H,1-3H3;2*1-2H3. The maximum absolute atomic E-state index is 12.2. The van der Waals surface area contributed by atoms with Gasteiger partial charge in [0.15, 0.2) is 6.29 Å². The first kappa shape index (κ1) is 21.4. The maximum Gasteiger partial charge on any atom is 0.419 e. The zero-order valence-electron chi connectivity index (χ0n) is 15.5. The van der Waals surface area contributed by atoms with Crippen LogP contribution < -0.4 is 0 Å². The van der Waals surface area contributed by atoms with Gasteiger partial charge in [-0.1, -0.05) is 33.6 Å². The van der Waals surface area contributed by atoms with Crippen LogP contribution in [-0.2, 0) is 9.53 Å². The van der Waals surface area contributed by atoms with E-state index in [0.29, 0.717) is 17.4 Å². The predicted molar refractivity (Wildman–Crippen MR) is 97.0 cm³/mol. The van der Waals surface area contributed by atoms with Gasteiger partial charge in [-0.15, -0.1) is 0 Å². The van der Waals surface area contributed by atoms with Gasteiger partial charge in [-0.3, -0.25) is 9.78 Å². The lowest BCUT2D eigenvalue weighted by Crippen LogP contribution is -2.26. The summed E-state index contributed by atoms with van der Waals surface area (Å²) in [5, 5.41) is 0.750. The van der Waals surface area contributed by atoms with Gasteiger partial charge < -0.3 is 4.74 Å². The highest BCUT2D eigenvalue weighted by molar-refractivity contribution is 5.94. The average molecular weight is 330 g/mol. The van der Waals surface area contributed by atoms with Crippen molar-refractivity contribution < 1.29 is 14.3 Å². The van der Waals surface area contributed by atoms with Crippen molar-refractivity contribution in [3.63, 3.8) is 0 Å². The van der Waals surface area contributed by atoms with Crippen LogP contribution in [0.5, 0.6) is 0 Å². The Bertz CT molecular complexity index is 728. The summed E-state index contributed by atoms with van der Waals surface area (Å²) in [4.78, 5) is 26.5. The second-order valence-corrected chi connectivity index (χ2v) is 5.17. The Labute approximate surface area is 144 Å². The molecular formula is C19H26N2O3. The molecule has 0 spiro atoms. The molecular weight excluding hydrogens is 304 g/mol. The molecule has 5 nitrogen and oxygen atoms in total. The average Bonchev–Trinajstić information content (AvgIpc) is 2.94. The minimum absolute atomic E-state index is 0.505. The summed E-state index contributed by atoms with van der Waals surface area (Å²) < 4.78 is 6.68. The molecule has 2 aromatic rings. The molecule has 0 aliphatic rings. The number of nitrogens with zero attached hydrogens (tertiary/aromatic N) is 2. The van der Waals surface area contributed by atoms with E-state index < -0.39 is 11.7 Å². The lowest BCUT2D eigenvalue weighted by Gasteiger charge is -2.19. The Morgan fingerprint density at radius 1 is 1.25 bits per heavy atom. The summed E-state index contributed by atoms with van der Waals surface area (Å²) in [6.45, 7) is 13.4. The number of rotatable bonds is 0. The molecule has 2 aromatic heterocycles. The van der Waals surface area contributed by atoms with E-state index in [9.17, 15) is 9.59 Å². The summed E-state index contributed by atoms with van der Waals surface area (Å²) in [6.07, 6.45) is 4.73. The van der Waals surface area contributed by atoms with E-state index in [4.69, 9.17) is 4.74 Å². The van der Waals surface area contributed by atoms with Gasteiger partial charge in [0.25, 0.3) is 0 Å². The van der Waals surface area contributed by atoms with E-state index in [2.05, 4.69) is 16.8 Å². The first-order valence-corrected chi connectivity index (χ1v) is 8.06. The molecule has 0 aromatic carbocycles. The molecule has 0 fully saturated rings. The molecule has 0 atom stereocenters. The molecule has 5 heteroatoms. The van der Waals surface area contributed by atoms with Crippen molar-refractivity contribution in [3.8, 4) is 11.8 Å². The molecule has 2 rings (SSSR count). The van der Waals surface area contributed by atoms with Gasteiger partial charge in [-0.25, -0.2) is 9.36 Å². The fourth-order valence-electron chi connectivity index (χ4n) is 1.74. The summed E-state index contributed by atoms with van der Waals surface area (Å²) >= 11 is 0. The van der Waals surface area contributed by atoms with Crippen molar-refractivity contribution in [3.05, 3.63) is 30.2 Å². The van der Waals surface area contributed by atoms with Gasteiger partial charge >= 0.3 is 6.09 Å². The first-order chi connectivity index (χ1) is 11.4. The van der Waals surface area contributed by atoms with Crippen LogP contribution in [0.2, 0.25) is 0 Å². The minimum atomic E-state index is -0.593. The van der Waals surface area contributed by atoms with Gasteiger partial charge in [-0.05, 0) is 32.8 Å². The first-order valence-electron chi connectivity index (χ1n) is 8.06. The van der Waals surface area contributed by atoms with Crippen LogP contribution in [0.1, 0.15) is 54.0 Å². The molecule has 0 saturated carbocycles. The monoisotopic (exact) mass is 330 g/mol. The van der Waals surface area contributed by atoms with E-state index in [1.165, 1.54) is 4.57 Å². The molecule has 2 heterocycles. The highest BCUT2D eigenvalue weighted by Crippen LogP contribution is 2.21. The third kappa shape index (κ3) is 5.88. The number of aldehydes is 1. The predicted octanol–water partition coefficient (Wildman–Crippen LogP) is 4.42. The number of ether oxygens (including phenoxy) is 1. The molecule has 0 bridgehead atoms. The molecule has 0 saturated heterocycles. The van der Waals surface area contributed by atoms with Crippen LogP contribution in [0, 0.1) is 11.8 Å². The van der Waals surface area contributed by atoms with Crippen molar-refractivity contribution in [2.45, 2.75) is 54.1 Å². The van der Waals surface area contributed by atoms with Crippen molar-refractivity contribution in [2.75, 3.05) is 0 Å². The van der Waals surface area contributed by atoms with Crippen molar-refractivity contribution in [2.24, 2.45) is 0 Å². The number of hydrogen-bond acceptors (Lipinski definition) is 4. The second kappa shape index (κ2) is 10.2. The fraction of sp³-hybridized carbons (Fsp3) is 0.421. The van der Waals surface area contributed by atoms with Crippen LogP contribution in [0.3, 0.4) is 0 Å². The Kier molecular flexibility index (Phi) is 9.11. The molecule has 24 heavy (non-hydrogen) atoms. The van der Waals surface area contributed by atoms with Crippen LogP contribution in [0.4, 0.5) is 4.79 Å². The zero-order valence-corrected chi connectivity index (χ0v) is 15.5. The van der Waals surface area contributed by atoms with E-state index >= 15 is 0 Å². The van der Waals surface area contributed by atoms with Crippen molar-refractivity contribution in [1.82, 2.24) is 9.55 Å². The molecule has 130 valence electrons. The maximum atomic E-state index is 12.2. The van der Waals surface area contributed by atoms with E-state index in [-0.39, 0.29) is 0 Å². The minimum Gasteiger partial charge on any atom is -0.443 e. The normalized spacial score (nSPS) is 9.46. The van der Waals surface area contributed by atoms with Crippen LogP contribution in [0.25, 0.3) is 10.9 Å². The summed E-state index contributed by atoms with van der Waals surface area (Å²) in [7, 11) is 0. The molecule has 0 radical (unpaired) electrons. The van der Waals surface area contributed by atoms with Gasteiger partial charge in [0, 0.05) is 17.8 Å². The Balaban J connectivity index is 0.00000123. The van der Waals surface area contributed by atoms with Crippen molar-refractivity contribution in [1.29, 1.82) is 0 Å². The van der Waals surface area contributed by atoms with Gasteiger partial charge in [0.2, 0.25) is 0 Å². The molecule has 0 aliphatic heterocycles. The second-order valence-electron chi connectivity index (χ2n) is 5.17. The summed E-state index contributed by atoms with van der Waals surface area (Å²) in [6, 6.07) is 1.74. The summed E-state index contributed by atoms with van der Waals surface area (Å²) in [5.41, 5.74) is 0.585. The van der Waals surface area contributed by atoms with Crippen LogP contribution in [0.15, 0.2) is 24.7 Å². The van der Waals surface area contributed by atoms with E-state index in [0.717, 1.165) is 5.39 Å². The zero-order chi connectivity index (χ0) is 18.8. The molecule has 0 unspecified atom stereocenters. The SMILES string of the molecule is CC.CC.CC(C)(C)OC(=O)n1cc(C#CC=O)c2ccncc21. The number of fused-ring (bicyclic) bond motifs is 1. The van der Waals surface area contributed by atoms with Gasteiger partial charge in [-0.2, -0.15) is 0 Å². The quantitative estimate of drug-likeness (QED) is 0.530. The van der Waals surface area contributed by atoms with Crippen LogP contribution in [-0.4, -0.2) is 27.5 Å². The van der Waals surface area contributed by atoms with Gasteiger partial charge in [0.1, 0.15) is 5.60 Å². The summed E-state index contributed by atoms with van der Waals surface area (Å²) in [5.74, 6) is 5.04. The third-order valence-electron chi connectivity index (χ3n) is 2.46. The molecule has 0 N–H and O–H groups in total. The molecule has 0 amide bonds. The van der Waals surface area contributed by atoms with E-state index in [1.54, 1.807) is 45.4 Å². The molecule has 0 aliphatic carbocycles. The lowest BCUT2D eigenvalue weighted by atomic mass is 10.2. The van der Waals surface area contributed by atoms with Crippen molar-refractivity contribution >= 4 is 23.3 Å². The van der Waals surface area contributed by atoms with Gasteiger partial charge in [0.05, 0.1) is 17.3 Å². The number of carbonyl (C=O) groups excluding carboxylic acids is 2. The lowest BCUT2D eigenvalue weighted by molar-refractivity contribution is -0.103. The Morgan fingerprint density at radius 3 is 2.42 bits per heavy atom. The Morgan fingerprint density at radius 2 is 1.88 bits per heavy atom. The fourth-order valence-corrected chi connectivity index (χ4v) is 1.74. The number of pyridine rings is 1. The smallest absolute Gasteiger partial charge is 0.419 e.